The monoisotopic (exact) mass is 224 g/mol. The largest absolute Gasteiger partial charge is 0.294 e. The van der Waals surface area contributed by atoms with Crippen LogP contribution in [0.3, 0.4) is 0 Å². The maximum atomic E-state index is 11.5. The van der Waals surface area contributed by atoms with Crippen LogP contribution in [0.2, 0.25) is 0 Å². The van der Waals surface area contributed by atoms with Crippen LogP contribution in [0.1, 0.15) is 22.8 Å². The van der Waals surface area contributed by atoms with Gasteiger partial charge in [0, 0.05) is 16.0 Å². The zero-order chi connectivity index (χ0) is 8.72. The summed E-state index contributed by atoms with van der Waals surface area (Å²) in [4.78, 5) is 11.5. The number of hydrogen-bond acceptors (Lipinski definition) is 1. The summed E-state index contributed by atoms with van der Waals surface area (Å²) in [6, 6.07) is 5.87. The molecule has 0 unspecified atom stereocenters. The van der Waals surface area contributed by atoms with E-state index in [0.717, 1.165) is 16.5 Å². The molecule has 0 heterocycles. The Morgan fingerprint density at radius 1 is 1.50 bits per heavy atom. The summed E-state index contributed by atoms with van der Waals surface area (Å²) in [5, 5.41) is 0. The third-order valence-electron chi connectivity index (χ3n) is 2.31. The molecule has 1 aliphatic rings. The minimum absolute atomic E-state index is 0.175. The molecular weight excluding hydrogens is 216 g/mol. The van der Waals surface area contributed by atoms with Gasteiger partial charge in [0.2, 0.25) is 0 Å². The van der Waals surface area contributed by atoms with Gasteiger partial charge in [0.25, 0.3) is 0 Å². The van der Waals surface area contributed by atoms with Gasteiger partial charge in [-0.1, -0.05) is 28.9 Å². The molecule has 62 valence electrons. The Morgan fingerprint density at radius 2 is 2.25 bits per heavy atom. The predicted molar refractivity (Wildman–Crippen MR) is 51.3 cm³/mol. The molecular formula is C10H9BrO. The number of carbonyl (C=O) groups is 1. The summed E-state index contributed by atoms with van der Waals surface area (Å²) < 4.78 is 1.06. The van der Waals surface area contributed by atoms with Gasteiger partial charge in [0.05, 0.1) is 0 Å². The highest BCUT2D eigenvalue weighted by Crippen LogP contribution is 2.28. The van der Waals surface area contributed by atoms with Crippen LogP contribution in [0, 0.1) is 5.92 Å². The fourth-order valence-corrected chi connectivity index (χ4v) is 2.07. The van der Waals surface area contributed by atoms with Crippen LogP contribution < -0.4 is 0 Å². The summed E-state index contributed by atoms with van der Waals surface area (Å²) in [6.45, 7) is 1.98. The zero-order valence-electron chi connectivity index (χ0n) is 6.80. The quantitative estimate of drug-likeness (QED) is 0.663. The van der Waals surface area contributed by atoms with Crippen LogP contribution in [0.4, 0.5) is 0 Å². The first-order chi connectivity index (χ1) is 5.68. The van der Waals surface area contributed by atoms with Gasteiger partial charge in [0.15, 0.2) is 5.78 Å². The van der Waals surface area contributed by atoms with Crippen molar-refractivity contribution >= 4 is 21.7 Å². The van der Waals surface area contributed by atoms with Crippen molar-refractivity contribution in [3.05, 3.63) is 33.8 Å². The SMILES string of the molecule is C[C@@H]1Cc2cc(Br)ccc2C1=O. The highest BCUT2D eigenvalue weighted by atomic mass is 79.9. The number of fused-ring (bicyclic) bond motifs is 1. The van der Waals surface area contributed by atoms with E-state index in [0.29, 0.717) is 0 Å². The first-order valence-corrected chi connectivity index (χ1v) is 4.80. The molecule has 0 fully saturated rings. The van der Waals surface area contributed by atoms with E-state index < -0.39 is 0 Å². The number of ketones is 1. The smallest absolute Gasteiger partial charge is 0.166 e. The number of Topliss-reactive ketones (excluding diaryl/α,β-unsaturated/α-hetero) is 1. The molecule has 1 nitrogen and oxygen atoms in total. The van der Waals surface area contributed by atoms with E-state index in [4.69, 9.17) is 0 Å². The molecule has 0 aliphatic heterocycles. The Kier molecular flexibility index (Phi) is 1.80. The molecule has 0 aromatic heterocycles. The zero-order valence-corrected chi connectivity index (χ0v) is 8.39. The molecule has 1 atom stereocenters. The molecule has 1 aromatic rings. The molecule has 2 rings (SSSR count). The van der Waals surface area contributed by atoms with Gasteiger partial charge in [-0.3, -0.25) is 4.79 Å². The first-order valence-electron chi connectivity index (χ1n) is 4.01. The lowest BCUT2D eigenvalue weighted by Crippen LogP contribution is -2.02. The first kappa shape index (κ1) is 7.99. The molecule has 0 amide bonds. The second-order valence-electron chi connectivity index (χ2n) is 3.27. The van der Waals surface area contributed by atoms with Crippen LogP contribution in [-0.2, 0) is 6.42 Å². The molecule has 0 saturated heterocycles. The molecule has 0 bridgehead atoms. The van der Waals surface area contributed by atoms with Crippen molar-refractivity contribution in [2.24, 2.45) is 5.92 Å². The van der Waals surface area contributed by atoms with Crippen LogP contribution in [-0.4, -0.2) is 5.78 Å². The fraction of sp³-hybridized carbons (Fsp3) is 0.300. The van der Waals surface area contributed by atoms with E-state index in [1.54, 1.807) is 0 Å². The summed E-state index contributed by atoms with van der Waals surface area (Å²) in [6.07, 6.45) is 0.896. The van der Waals surface area contributed by atoms with Crippen molar-refractivity contribution in [1.29, 1.82) is 0 Å². The topological polar surface area (TPSA) is 17.1 Å². The molecule has 1 aliphatic carbocycles. The van der Waals surface area contributed by atoms with Crippen LogP contribution in [0.25, 0.3) is 0 Å². The Hall–Kier alpha value is -0.630. The van der Waals surface area contributed by atoms with Crippen molar-refractivity contribution in [3.63, 3.8) is 0 Å². The summed E-state index contributed by atoms with van der Waals surface area (Å²) >= 11 is 3.39. The fourth-order valence-electron chi connectivity index (χ4n) is 1.66. The summed E-state index contributed by atoms with van der Waals surface area (Å²) in [5.41, 5.74) is 2.09. The van der Waals surface area contributed by atoms with Gasteiger partial charge in [-0.15, -0.1) is 0 Å². The minimum atomic E-state index is 0.175. The highest BCUT2D eigenvalue weighted by molar-refractivity contribution is 9.10. The van der Waals surface area contributed by atoms with Crippen LogP contribution in [0.15, 0.2) is 22.7 Å². The van der Waals surface area contributed by atoms with E-state index in [1.807, 2.05) is 25.1 Å². The van der Waals surface area contributed by atoms with Crippen LogP contribution in [0.5, 0.6) is 0 Å². The number of rotatable bonds is 0. The lowest BCUT2D eigenvalue weighted by atomic mass is 10.1. The molecule has 0 N–H and O–H groups in total. The van der Waals surface area contributed by atoms with Gasteiger partial charge in [-0.25, -0.2) is 0 Å². The average Bonchev–Trinajstić information content (AvgIpc) is 2.28. The Balaban J connectivity index is 2.54. The normalized spacial score (nSPS) is 21.2. The molecule has 0 saturated carbocycles. The van der Waals surface area contributed by atoms with Gasteiger partial charge in [-0.2, -0.15) is 0 Å². The van der Waals surface area contributed by atoms with Crippen molar-refractivity contribution in [2.75, 3.05) is 0 Å². The van der Waals surface area contributed by atoms with Gasteiger partial charge < -0.3 is 0 Å². The lowest BCUT2D eigenvalue weighted by Gasteiger charge is -1.95. The van der Waals surface area contributed by atoms with Gasteiger partial charge in [0.1, 0.15) is 0 Å². The van der Waals surface area contributed by atoms with E-state index in [2.05, 4.69) is 15.9 Å². The van der Waals surface area contributed by atoms with E-state index in [-0.39, 0.29) is 11.7 Å². The minimum Gasteiger partial charge on any atom is -0.294 e. The Labute approximate surface area is 79.9 Å². The third-order valence-corrected chi connectivity index (χ3v) is 2.80. The van der Waals surface area contributed by atoms with Crippen LogP contribution >= 0.6 is 15.9 Å². The summed E-state index contributed by atoms with van der Waals surface area (Å²) in [5.74, 6) is 0.465. The number of benzene rings is 1. The van der Waals surface area contributed by atoms with E-state index in [1.165, 1.54) is 5.56 Å². The van der Waals surface area contributed by atoms with Gasteiger partial charge in [-0.05, 0) is 24.1 Å². The Morgan fingerprint density at radius 3 is 3.00 bits per heavy atom. The average molecular weight is 225 g/mol. The maximum absolute atomic E-state index is 11.5. The van der Waals surface area contributed by atoms with Crippen molar-refractivity contribution in [1.82, 2.24) is 0 Å². The van der Waals surface area contributed by atoms with Crippen molar-refractivity contribution in [2.45, 2.75) is 13.3 Å². The standard InChI is InChI=1S/C10H9BrO/c1-6-4-7-5-8(11)2-3-9(7)10(6)12/h2-3,5-6H,4H2,1H3/t6-/m1/s1. The summed E-state index contributed by atoms with van der Waals surface area (Å²) in [7, 11) is 0. The number of halogens is 1. The van der Waals surface area contributed by atoms with Gasteiger partial charge >= 0.3 is 0 Å². The lowest BCUT2D eigenvalue weighted by molar-refractivity contribution is 0.0946. The molecule has 1 aromatic carbocycles. The third kappa shape index (κ3) is 1.11. The van der Waals surface area contributed by atoms with Crippen molar-refractivity contribution < 1.29 is 4.79 Å². The molecule has 2 heteroatoms. The van der Waals surface area contributed by atoms with E-state index >= 15 is 0 Å². The molecule has 12 heavy (non-hydrogen) atoms. The molecule has 0 radical (unpaired) electrons. The highest BCUT2D eigenvalue weighted by Gasteiger charge is 2.26. The second-order valence-corrected chi connectivity index (χ2v) is 4.19. The second kappa shape index (κ2) is 2.70. The number of carbonyl (C=O) groups excluding carboxylic acids is 1. The maximum Gasteiger partial charge on any atom is 0.166 e. The Bertz CT molecular complexity index is 344. The van der Waals surface area contributed by atoms with E-state index in [9.17, 15) is 4.79 Å². The molecule has 0 spiro atoms. The predicted octanol–water partition coefficient (Wildman–Crippen LogP) is 2.82. The number of hydrogen-bond donors (Lipinski definition) is 0. The van der Waals surface area contributed by atoms with Crippen molar-refractivity contribution in [3.8, 4) is 0 Å².